The molecule has 0 radical (unpaired) electrons. The Kier molecular flexibility index (Phi) is 5.57. The van der Waals surface area contributed by atoms with Crippen molar-refractivity contribution >= 4 is 17.7 Å². The maximum absolute atomic E-state index is 13.9. The SMILES string of the molecule is CC(C)/C(=C/c1cccc(Cl)c1F)CNC(C)(C)C. The second kappa shape index (κ2) is 6.53. The third-order valence-electron chi connectivity index (χ3n) is 2.89. The molecule has 0 aliphatic rings. The Labute approximate surface area is 120 Å². The molecule has 0 amide bonds. The summed E-state index contributed by atoms with van der Waals surface area (Å²) in [7, 11) is 0. The van der Waals surface area contributed by atoms with Crippen LogP contribution in [0.3, 0.4) is 0 Å². The Balaban J connectivity index is 2.98. The van der Waals surface area contributed by atoms with E-state index in [0.717, 1.165) is 12.1 Å². The zero-order chi connectivity index (χ0) is 14.6. The van der Waals surface area contributed by atoms with E-state index in [1.807, 2.05) is 6.08 Å². The van der Waals surface area contributed by atoms with E-state index in [1.165, 1.54) is 0 Å². The molecule has 1 aromatic carbocycles. The molecule has 19 heavy (non-hydrogen) atoms. The molecule has 0 heterocycles. The van der Waals surface area contributed by atoms with Gasteiger partial charge in [0, 0.05) is 17.6 Å². The lowest BCUT2D eigenvalue weighted by molar-refractivity contribution is 0.437. The summed E-state index contributed by atoms with van der Waals surface area (Å²) in [6.45, 7) is 11.3. The maximum atomic E-state index is 13.9. The number of nitrogens with one attached hydrogen (secondary N) is 1. The van der Waals surface area contributed by atoms with Gasteiger partial charge in [-0.2, -0.15) is 0 Å². The number of halogens is 2. The fraction of sp³-hybridized carbons (Fsp3) is 0.500. The zero-order valence-electron chi connectivity index (χ0n) is 12.3. The van der Waals surface area contributed by atoms with Gasteiger partial charge >= 0.3 is 0 Å². The molecular formula is C16H23ClFN. The summed E-state index contributed by atoms with van der Waals surface area (Å²) in [4.78, 5) is 0. The summed E-state index contributed by atoms with van der Waals surface area (Å²) < 4.78 is 13.9. The van der Waals surface area contributed by atoms with Gasteiger partial charge in [0.15, 0.2) is 0 Å². The first kappa shape index (κ1) is 16.2. The van der Waals surface area contributed by atoms with Crippen molar-refractivity contribution in [3.05, 3.63) is 40.2 Å². The zero-order valence-corrected chi connectivity index (χ0v) is 13.1. The summed E-state index contributed by atoms with van der Waals surface area (Å²) in [6, 6.07) is 5.09. The maximum Gasteiger partial charge on any atom is 0.148 e. The van der Waals surface area contributed by atoms with Gasteiger partial charge in [-0.05, 0) is 32.8 Å². The molecule has 106 valence electrons. The molecule has 0 aliphatic carbocycles. The van der Waals surface area contributed by atoms with Crippen LogP contribution < -0.4 is 5.32 Å². The van der Waals surface area contributed by atoms with Crippen molar-refractivity contribution < 1.29 is 4.39 Å². The average Bonchev–Trinajstić information content (AvgIpc) is 2.28. The van der Waals surface area contributed by atoms with Crippen LogP contribution in [0.1, 0.15) is 40.2 Å². The van der Waals surface area contributed by atoms with Crippen molar-refractivity contribution in [1.29, 1.82) is 0 Å². The minimum absolute atomic E-state index is 0.0425. The van der Waals surface area contributed by atoms with Crippen molar-refractivity contribution in [2.75, 3.05) is 6.54 Å². The lowest BCUT2D eigenvalue weighted by Crippen LogP contribution is -2.37. The third kappa shape index (κ3) is 5.33. The van der Waals surface area contributed by atoms with Gasteiger partial charge in [0.05, 0.1) is 5.02 Å². The fourth-order valence-electron chi connectivity index (χ4n) is 1.62. The Morgan fingerprint density at radius 2 is 2.00 bits per heavy atom. The number of hydrogen-bond donors (Lipinski definition) is 1. The van der Waals surface area contributed by atoms with Crippen LogP contribution in [0, 0.1) is 11.7 Å². The predicted octanol–water partition coefficient (Wildman–Crippen LogP) is 4.91. The van der Waals surface area contributed by atoms with E-state index in [9.17, 15) is 4.39 Å². The van der Waals surface area contributed by atoms with E-state index in [-0.39, 0.29) is 16.4 Å². The van der Waals surface area contributed by atoms with Crippen molar-refractivity contribution in [3.8, 4) is 0 Å². The number of rotatable bonds is 4. The van der Waals surface area contributed by atoms with E-state index in [1.54, 1.807) is 18.2 Å². The highest BCUT2D eigenvalue weighted by atomic mass is 35.5. The van der Waals surface area contributed by atoms with Crippen LogP contribution in [0.15, 0.2) is 23.8 Å². The van der Waals surface area contributed by atoms with E-state index < -0.39 is 0 Å². The Hall–Kier alpha value is -0.860. The largest absolute Gasteiger partial charge is 0.308 e. The molecule has 0 unspecified atom stereocenters. The van der Waals surface area contributed by atoms with Crippen LogP contribution in [-0.4, -0.2) is 12.1 Å². The molecule has 1 N–H and O–H groups in total. The highest BCUT2D eigenvalue weighted by Gasteiger charge is 2.12. The van der Waals surface area contributed by atoms with E-state index in [2.05, 4.69) is 39.9 Å². The van der Waals surface area contributed by atoms with Gasteiger partial charge < -0.3 is 5.32 Å². The second-order valence-corrected chi connectivity index (χ2v) is 6.53. The smallest absolute Gasteiger partial charge is 0.148 e. The van der Waals surface area contributed by atoms with Gasteiger partial charge in [0.25, 0.3) is 0 Å². The monoisotopic (exact) mass is 283 g/mol. The standard InChI is InChI=1S/C16H23ClFN/c1-11(2)13(10-19-16(3,4)5)9-12-7-6-8-14(17)15(12)18/h6-9,11,19H,10H2,1-5H3/b13-9+. The number of benzene rings is 1. The van der Waals surface area contributed by atoms with Gasteiger partial charge in [-0.15, -0.1) is 0 Å². The lowest BCUT2D eigenvalue weighted by Gasteiger charge is -2.23. The molecule has 3 heteroatoms. The van der Waals surface area contributed by atoms with Crippen LogP contribution in [-0.2, 0) is 0 Å². The van der Waals surface area contributed by atoms with Gasteiger partial charge in [-0.1, -0.05) is 49.2 Å². The van der Waals surface area contributed by atoms with Crippen LogP contribution in [0.25, 0.3) is 6.08 Å². The molecule has 0 bridgehead atoms. The molecule has 0 saturated carbocycles. The van der Waals surface area contributed by atoms with Crippen molar-refractivity contribution in [2.45, 2.75) is 40.2 Å². The molecule has 1 nitrogen and oxygen atoms in total. The third-order valence-corrected chi connectivity index (χ3v) is 3.18. The fourth-order valence-corrected chi connectivity index (χ4v) is 1.80. The normalized spacial score (nSPS) is 13.2. The van der Waals surface area contributed by atoms with Gasteiger partial charge in [-0.25, -0.2) is 4.39 Å². The van der Waals surface area contributed by atoms with E-state index in [0.29, 0.717) is 11.5 Å². The van der Waals surface area contributed by atoms with Crippen LogP contribution in [0.5, 0.6) is 0 Å². The molecule has 0 atom stereocenters. The first-order chi connectivity index (χ1) is 8.70. The highest BCUT2D eigenvalue weighted by molar-refractivity contribution is 6.30. The first-order valence-electron chi connectivity index (χ1n) is 6.60. The predicted molar refractivity (Wildman–Crippen MR) is 82.0 cm³/mol. The first-order valence-corrected chi connectivity index (χ1v) is 6.98. The Bertz CT molecular complexity index is 458. The van der Waals surface area contributed by atoms with Crippen molar-refractivity contribution in [3.63, 3.8) is 0 Å². The average molecular weight is 284 g/mol. The number of hydrogen-bond acceptors (Lipinski definition) is 1. The van der Waals surface area contributed by atoms with Crippen LogP contribution >= 0.6 is 11.6 Å². The minimum Gasteiger partial charge on any atom is -0.308 e. The van der Waals surface area contributed by atoms with Crippen LogP contribution in [0.4, 0.5) is 4.39 Å². The minimum atomic E-state index is -0.349. The molecule has 1 aromatic rings. The summed E-state index contributed by atoms with van der Waals surface area (Å²) in [6.07, 6.45) is 1.89. The summed E-state index contributed by atoms with van der Waals surface area (Å²) in [5.74, 6) is 0.00584. The topological polar surface area (TPSA) is 12.0 Å². The Morgan fingerprint density at radius 1 is 1.37 bits per heavy atom. The highest BCUT2D eigenvalue weighted by Crippen LogP contribution is 2.22. The van der Waals surface area contributed by atoms with Gasteiger partial charge in [-0.3, -0.25) is 0 Å². The molecule has 1 rings (SSSR count). The molecule has 0 aliphatic heterocycles. The molecule has 0 fully saturated rings. The summed E-state index contributed by atoms with van der Waals surface area (Å²) in [5.41, 5.74) is 1.75. The summed E-state index contributed by atoms with van der Waals surface area (Å²) in [5, 5.41) is 3.60. The molecule has 0 aromatic heterocycles. The van der Waals surface area contributed by atoms with Crippen molar-refractivity contribution in [2.24, 2.45) is 5.92 Å². The second-order valence-electron chi connectivity index (χ2n) is 6.12. The Morgan fingerprint density at radius 3 is 2.53 bits per heavy atom. The lowest BCUT2D eigenvalue weighted by atomic mass is 9.98. The van der Waals surface area contributed by atoms with Gasteiger partial charge in [0.1, 0.15) is 5.82 Å². The van der Waals surface area contributed by atoms with Crippen molar-refractivity contribution in [1.82, 2.24) is 5.32 Å². The van der Waals surface area contributed by atoms with Crippen LogP contribution in [0.2, 0.25) is 5.02 Å². The molecular weight excluding hydrogens is 261 g/mol. The van der Waals surface area contributed by atoms with Gasteiger partial charge in [0.2, 0.25) is 0 Å². The quantitative estimate of drug-likeness (QED) is 0.828. The molecule has 0 saturated heterocycles. The molecule has 0 spiro atoms. The van der Waals surface area contributed by atoms with E-state index >= 15 is 0 Å². The summed E-state index contributed by atoms with van der Waals surface area (Å²) >= 11 is 5.81. The van der Waals surface area contributed by atoms with E-state index in [4.69, 9.17) is 11.6 Å².